The molecule has 2 N–H and O–H groups in total. The number of hydrogen-bond donors (Lipinski definition) is 1. The van der Waals surface area contributed by atoms with Crippen LogP contribution in [0.25, 0.3) is 0 Å². The minimum Gasteiger partial charge on any atom is -0.328 e. The second-order valence-corrected chi connectivity index (χ2v) is 4.83. The molecule has 3 atom stereocenters. The van der Waals surface area contributed by atoms with Gasteiger partial charge in [0.25, 0.3) is 0 Å². The number of nitrogens with zero attached hydrogens (tertiary/aromatic N) is 1. The number of rotatable bonds is 1. The summed E-state index contributed by atoms with van der Waals surface area (Å²) in [6.07, 6.45) is 1.14. The van der Waals surface area contributed by atoms with Crippen LogP contribution in [0.1, 0.15) is 12.8 Å². The molecule has 0 aromatic carbocycles. The quantitative estimate of drug-likeness (QED) is 0.630. The van der Waals surface area contributed by atoms with Crippen LogP contribution in [0.3, 0.4) is 0 Å². The molecule has 0 amide bonds. The minimum atomic E-state index is -3.31. The van der Waals surface area contributed by atoms with Crippen LogP contribution in [-0.4, -0.2) is 31.0 Å². The van der Waals surface area contributed by atoms with E-state index >= 15 is 0 Å². The van der Waals surface area contributed by atoms with Gasteiger partial charge in [0.2, 0.25) is 0 Å². The zero-order valence-corrected chi connectivity index (χ0v) is 8.28. The van der Waals surface area contributed by atoms with Gasteiger partial charge in [0.15, 0.2) is 0 Å². The lowest BCUT2D eigenvalue weighted by molar-refractivity contribution is -0.120. The maximum absolute atomic E-state index is 11.5. The van der Waals surface area contributed by atoms with Crippen molar-refractivity contribution in [1.82, 2.24) is 5.06 Å². The van der Waals surface area contributed by atoms with E-state index in [9.17, 15) is 4.57 Å². The van der Waals surface area contributed by atoms with E-state index in [0.29, 0.717) is 13.0 Å². The zero-order chi connectivity index (χ0) is 9.47. The Balaban J connectivity index is 2.06. The van der Waals surface area contributed by atoms with E-state index in [1.54, 1.807) is 5.06 Å². The summed E-state index contributed by atoms with van der Waals surface area (Å²) in [5.41, 5.74) is 5.73. The third kappa shape index (κ3) is 1.79. The highest BCUT2D eigenvalue weighted by molar-refractivity contribution is 7.48. The van der Waals surface area contributed by atoms with Crippen LogP contribution in [-0.2, 0) is 18.2 Å². The lowest BCUT2D eigenvalue weighted by Crippen LogP contribution is -2.43. The van der Waals surface area contributed by atoms with Crippen molar-refractivity contribution in [3.63, 3.8) is 0 Å². The summed E-state index contributed by atoms with van der Waals surface area (Å²) in [4.78, 5) is 0. The highest BCUT2D eigenvalue weighted by atomic mass is 31.2. The van der Waals surface area contributed by atoms with Crippen LogP contribution in [0.5, 0.6) is 0 Å². The molecule has 2 heterocycles. The van der Waals surface area contributed by atoms with Crippen molar-refractivity contribution in [1.29, 1.82) is 0 Å². The van der Waals surface area contributed by atoms with Gasteiger partial charge in [0, 0.05) is 26.1 Å². The molecular weight excluding hydrogens is 195 g/mol. The molecule has 0 radical (unpaired) electrons. The minimum absolute atomic E-state index is 0.0910. The maximum Gasteiger partial charge on any atom is 0.493 e. The summed E-state index contributed by atoms with van der Waals surface area (Å²) in [5, 5.41) is 1.55. The summed E-state index contributed by atoms with van der Waals surface area (Å²) < 4.78 is 26.3. The van der Waals surface area contributed by atoms with Gasteiger partial charge in [-0.3, -0.25) is 9.05 Å². The molecule has 7 heteroatoms. The van der Waals surface area contributed by atoms with E-state index < -0.39 is 7.82 Å². The molecule has 13 heavy (non-hydrogen) atoms. The van der Waals surface area contributed by atoms with Crippen LogP contribution < -0.4 is 5.73 Å². The molecule has 2 saturated heterocycles. The normalized spacial score (nSPS) is 46.3. The SMILES string of the molecule is COP1(=O)OC2CC(N)CCN2O1. The highest BCUT2D eigenvalue weighted by Crippen LogP contribution is 2.57. The Kier molecular flexibility index (Phi) is 2.44. The summed E-state index contributed by atoms with van der Waals surface area (Å²) in [6, 6.07) is 0.0910. The van der Waals surface area contributed by atoms with Gasteiger partial charge in [-0.15, -0.1) is 5.06 Å². The maximum atomic E-state index is 11.5. The Labute approximate surface area is 76.5 Å². The smallest absolute Gasteiger partial charge is 0.328 e. The van der Waals surface area contributed by atoms with E-state index in [4.69, 9.17) is 14.9 Å². The Morgan fingerprint density at radius 2 is 2.46 bits per heavy atom. The van der Waals surface area contributed by atoms with Gasteiger partial charge in [-0.05, 0) is 6.42 Å². The molecule has 2 aliphatic heterocycles. The Hall–Kier alpha value is 0.0300. The molecule has 0 bridgehead atoms. The van der Waals surface area contributed by atoms with Crippen LogP contribution in [0.2, 0.25) is 0 Å². The molecule has 76 valence electrons. The van der Waals surface area contributed by atoms with E-state index in [1.807, 2.05) is 0 Å². The van der Waals surface area contributed by atoms with Gasteiger partial charge in [-0.2, -0.15) is 4.62 Å². The van der Waals surface area contributed by atoms with Crippen molar-refractivity contribution < 1.29 is 18.2 Å². The van der Waals surface area contributed by atoms with E-state index in [1.165, 1.54) is 7.11 Å². The van der Waals surface area contributed by atoms with Crippen molar-refractivity contribution in [2.24, 2.45) is 5.73 Å². The average Bonchev–Trinajstić information content (AvgIpc) is 2.42. The fourth-order valence-corrected chi connectivity index (χ4v) is 2.62. The first-order valence-electron chi connectivity index (χ1n) is 4.19. The van der Waals surface area contributed by atoms with E-state index in [-0.39, 0.29) is 12.3 Å². The molecule has 2 aliphatic rings. The lowest BCUT2D eigenvalue weighted by atomic mass is 10.1. The summed E-state index contributed by atoms with van der Waals surface area (Å²) in [7, 11) is -2.01. The number of phosphoric acid groups is 1. The van der Waals surface area contributed by atoms with Crippen molar-refractivity contribution in [3.05, 3.63) is 0 Å². The first-order valence-corrected chi connectivity index (χ1v) is 5.65. The molecule has 0 aromatic rings. The number of hydroxylamine groups is 2. The first-order chi connectivity index (χ1) is 6.13. The Morgan fingerprint density at radius 1 is 1.69 bits per heavy atom. The second kappa shape index (κ2) is 3.31. The van der Waals surface area contributed by atoms with Crippen LogP contribution in [0.4, 0.5) is 0 Å². The van der Waals surface area contributed by atoms with Gasteiger partial charge < -0.3 is 5.73 Å². The third-order valence-electron chi connectivity index (χ3n) is 2.23. The molecule has 0 aliphatic carbocycles. The highest BCUT2D eigenvalue weighted by Gasteiger charge is 2.46. The summed E-state index contributed by atoms with van der Waals surface area (Å²) in [5.74, 6) is 0. The van der Waals surface area contributed by atoms with E-state index in [2.05, 4.69) is 4.52 Å². The van der Waals surface area contributed by atoms with Crippen LogP contribution in [0.15, 0.2) is 0 Å². The van der Waals surface area contributed by atoms with Crippen molar-refractivity contribution in [2.75, 3.05) is 13.7 Å². The summed E-state index contributed by atoms with van der Waals surface area (Å²) in [6.45, 7) is 0.638. The first kappa shape index (κ1) is 9.58. The Morgan fingerprint density at radius 3 is 3.15 bits per heavy atom. The fraction of sp³-hybridized carbons (Fsp3) is 1.00. The van der Waals surface area contributed by atoms with Crippen LogP contribution in [0, 0.1) is 0 Å². The molecule has 0 saturated carbocycles. The second-order valence-electron chi connectivity index (χ2n) is 3.20. The summed E-state index contributed by atoms with van der Waals surface area (Å²) >= 11 is 0. The largest absolute Gasteiger partial charge is 0.493 e. The van der Waals surface area contributed by atoms with Gasteiger partial charge in [-0.1, -0.05) is 0 Å². The average molecular weight is 208 g/mol. The van der Waals surface area contributed by atoms with Crippen LogP contribution >= 0.6 is 7.82 Å². The lowest BCUT2D eigenvalue weighted by Gasteiger charge is -2.27. The zero-order valence-electron chi connectivity index (χ0n) is 7.38. The number of nitrogens with two attached hydrogens (primary N) is 1. The number of phosphoric ester groups is 1. The molecule has 3 unspecified atom stereocenters. The topological polar surface area (TPSA) is 74.0 Å². The molecule has 2 rings (SSSR count). The number of fused-ring (bicyclic) bond motifs is 1. The molecular formula is C6H13N2O4P. The van der Waals surface area contributed by atoms with Gasteiger partial charge in [0.05, 0.1) is 0 Å². The van der Waals surface area contributed by atoms with Gasteiger partial charge in [-0.25, -0.2) is 4.57 Å². The molecule has 0 spiro atoms. The fourth-order valence-electron chi connectivity index (χ4n) is 1.49. The van der Waals surface area contributed by atoms with Crippen molar-refractivity contribution in [3.8, 4) is 0 Å². The number of hydrogen-bond acceptors (Lipinski definition) is 6. The molecule has 6 nitrogen and oxygen atoms in total. The van der Waals surface area contributed by atoms with Crippen molar-refractivity contribution >= 4 is 7.82 Å². The third-order valence-corrected chi connectivity index (χ3v) is 3.58. The number of piperidine rings is 1. The predicted molar refractivity (Wildman–Crippen MR) is 44.5 cm³/mol. The molecule has 0 aromatic heterocycles. The predicted octanol–water partition coefficient (Wildman–Crippen LogP) is 0.452. The standard InChI is InChI=1S/C6H13N2O4P/c1-10-13(9)11-6-4-5(7)2-3-8(6)12-13/h5-6H,2-4,7H2,1H3. The van der Waals surface area contributed by atoms with E-state index in [0.717, 1.165) is 6.42 Å². The van der Waals surface area contributed by atoms with Gasteiger partial charge >= 0.3 is 7.82 Å². The van der Waals surface area contributed by atoms with Gasteiger partial charge in [0.1, 0.15) is 6.23 Å². The molecule has 2 fully saturated rings. The Bertz CT molecular complexity index is 249. The van der Waals surface area contributed by atoms with Crippen molar-refractivity contribution in [2.45, 2.75) is 25.1 Å². The monoisotopic (exact) mass is 208 g/mol.